The van der Waals surface area contributed by atoms with Gasteiger partial charge in [-0.1, -0.05) is 0 Å². The second-order valence-corrected chi connectivity index (χ2v) is 6.61. The molecule has 23 heavy (non-hydrogen) atoms. The summed E-state index contributed by atoms with van der Waals surface area (Å²) in [5.41, 5.74) is 0.684. The number of aromatic nitrogens is 1. The monoisotopic (exact) mass is 336 g/mol. The summed E-state index contributed by atoms with van der Waals surface area (Å²) in [5, 5.41) is 9.16. The van der Waals surface area contributed by atoms with Crippen molar-refractivity contribution in [1.29, 1.82) is 0 Å². The van der Waals surface area contributed by atoms with Gasteiger partial charge in [-0.25, -0.2) is 13.2 Å². The van der Waals surface area contributed by atoms with E-state index in [-0.39, 0.29) is 16.4 Å². The first-order chi connectivity index (χ1) is 10.8. The van der Waals surface area contributed by atoms with Crippen molar-refractivity contribution in [3.8, 4) is 11.5 Å². The van der Waals surface area contributed by atoms with Gasteiger partial charge < -0.3 is 9.84 Å². The number of phenolic OH excluding ortho intramolecular Hbond substituents is 1. The number of nitrogens with zero attached hydrogens (tertiary/aromatic N) is 1. The smallest absolute Gasteiger partial charge is 0.329 e. The molecule has 0 fully saturated rings. The number of nitrogens with one attached hydrogen (secondary N) is 1. The van der Waals surface area contributed by atoms with Gasteiger partial charge in [0.2, 0.25) is 10.0 Å². The number of esters is 1. The van der Waals surface area contributed by atoms with Crippen LogP contribution in [-0.2, 0) is 14.8 Å². The molecule has 7 nitrogen and oxygen atoms in total. The molecule has 0 aliphatic carbocycles. The van der Waals surface area contributed by atoms with Crippen molar-refractivity contribution in [2.75, 3.05) is 0 Å². The average Bonchev–Trinajstić information content (AvgIpc) is 2.49. The molecule has 0 aliphatic heterocycles. The SMILES string of the molecule is Cc1ccc(S(=O)(=O)NC(C)C(=O)Oc2ccc(O)cc2)cn1. The number of aryl methyl sites for hydroxylation is 1. The number of sulfonamides is 1. The maximum absolute atomic E-state index is 12.2. The Labute approximate surface area is 134 Å². The molecule has 1 atom stereocenters. The molecule has 2 rings (SSSR count). The molecule has 0 saturated heterocycles. The van der Waals surface area contributed by atoms with Crippen LogP contribution < -0.4 is 9.46 Å². The zero-order chi connectivity index (χ0) is 17.0. The van der Waals surface area contributed by atoms with Crippen molar-refractivity contribution >= 4 is 16.0 Å². The molecule has 0 saturated carbocycles. The molecule has 122 valence electrons. The van der Waals surface area contributed by atoms with Crippen LogP contribution in [0.4, 0.5) is 0 Å². The molecule has 0 bridgehead atoms. The Bertz CT molecular complexity index is 786. The fourth-order valence-electron chi connectivity index (χ4n) is 1.68. The third-order valence-electron chi connectivity index (χ3n) is 2.94. The topological polar surface area (TPSA) is 106 Å². The predicted octanol–water partition coefficient (Wildman–Crippen LogP) is 1.37. The van der Waals surface area contributed by atoms with Crippen molar-refractivity contribution in [3.63, 3.8) is 0 Å². The van der Waals surface area contributed by atoms with Crippen molar-refractivity contribution < 1.29 is 23.1 Å². The maximum Gasteiger partial charge on any atom is 0.329 e. The number of aromatic hydroxyl groups is 1. The summed E-state index contributed by atoms with van der Waals surface area (Å²) in [6.45, 7) is 3.11. The molecule has 1 heterocycles. The van der Waals surface area contributed by atoms with Gasteiger partial charge in [0.15, 0.2) is 0 Å². The molecule has 8 heteroatoms. The maximum atomic E-state index is 12.2. The van der Waals surface area contributed by atoms with Crippen LogP contribution in [0.1, 0.15) is 12.6 Å². The van der Waals surface area contributed by atoms with E-state index in [0.29, 0.717) is 5.69 Å². The van der Waals surface area contributed by atoms with Gasteiger partial charge in [-0.2, -0.15) is 4.72 Å². The molecule has 0 aliphatic rings. The van der Waals surface area contributed by atoms with E-state index in [1.165, 1.54) is 43.5 Å². The Balaban J connectivity index is 2.05. The van der Waals surface area contributed by atoms with Crippen molar-refractivity contribution in [2.45, 2.75) is 24.8 Å². The molecule has 2 N–H and O–H groups in total. The van der Waals surface area contributed by atoms with Gasteiger partial charge in [0.1, 0.15) is 22.4 Å². The van der Waals surface area contributed by atoms with Gasteiger partial charge in [-0.05, 0) is 50.2 Å². The second kappa shape index (κ2) is 6.76. The summed E-state index contributed by atoms with van der Waals surface area (Å²) < 4.78 is 31.6. The predicted molar refractivity (Wildman–Crippen MR) is 82.5 cm³/mol. The summed E-state index contributed by atoms with van der Waals surface area (Å²) in [5.74, 6) is -0.527. The Morgan fingerprint density at radius 2 is 1.87 bits per heavy atom. The highest BCUT2D eigenvalue weighted by Gasteiger charge is 2.23. The quantitative estimate of drug-likeness (QED) is 0.631. The normalized spacial score (nSPS) is 12.6. The van der Waals surface area contributed by atoms with Crippen LogP contribution in [0.3, 0.4) is 0 Å². The summed E-state index contributed by atoms with van der Waals surface area (Å²) in [6, 6.07) is 7.40. The molecule has 2 aromatic rings. The van der Waals surface area contributed by atoms with Crippen molar-refractivity contribution in [3.05, 3.63) is 48.3 Å². The molecular formula is C15H16N2O5S. The van der Waals surface area contributed by atoms with Crippen LogP contribution in [0.5, 0.6) is 11.5 Å². The highest BCUT2D eigenvalue weighted by atomic mass is 32.2. The number of carbonyl (C=O) groups is 1. The summed E-state index contributed by atoms with van der Waals surface area (Å²) in [6.07, 6.45) is 1.22. The van der Waals surface area contributed by atoms with Crippen LogP contribution in [0.15, 0.2) is 47.5 Å². The highest BCUT2D eigenvalue weighted by molar-refractivity contribution is 7.89. The van der Waals surface area contributed by atoms with Crippen molar-refractivity contribution in [1.82, 2.24) is 9.71 Å². The molecule has 1 aromatic carbocycles. The van der Waals surface area contributed by atoms with E-state index in [9.17, 15) is 13.2 Å². The number of pyridine rings is 1. The van der Waals surface area contributed by atoms with Gasteiger partial charge in [0, 0.05) is 11.9 Å². The number of benzene rings is 1. The lowest BCUT2D eigenvalue weighted by Gasteiger charge is -2.13. The Morgan fingerprint density at radius 1 is 1.22 bits per heavy atom. The lowest BCUT2D eigenvalue weighted by Crippen LogP contribution is -2.40. The van der Waals surface area contributed by atoms with Crippen LogP contribution in [-0.4, -0.2) is 30.5 Å². The van der Waals surface area contributed by atoms with Gasteiger partial charge in [-0.15, -0.1) is 0 Å². The molecule has 0 radical (unpaired) electrons. The number of hydrogen-bond donors (Lipinski definition) is 2. The van der Waals surface area contributed by atoms with Gasteiger partial charge in [-0.3, -0.25) is 4.98 Å². The first kappa shape index (κ1) is 16.9. The summed E-state index contributed by atoms with van der Waals surface area (Å²) in [4.78, 5) is 15.8. The van der Waals surface area contributed by atoms with Gasteiger partial charge in [0.05, 0.1) is 0 Å². The largest absolute Gasteiger partial charge is 0.508 e. The van der Waals surface area contributed by atoms with Gasteiger partial charge >= 0.3 is 5.97 Å². The molecule has 1 aromatic heterocycles. The molecule has 1 unspecified atom stereocenters. The van der Waals surface area contributed by atoms with E-state index >= 15 is 0 Å². The van der Waals surface area contributed by atoms with Crippen LogP contribution in [0, 0.1) is 6.92 Å². The molecular weight excluding hydrogens is 320 g/mol. The standard InChI is InChI=1S/C15H16N2O5S/c1-10-3-8-14(9-16-10)23(20,21)17-11(2)15(19)22-13-6-4-12(18)5-7-13/h3-9,11,17-18H,1-2H3. The minimum absolute atomic E-state index is 0.0328. The van der Waals surface area contributed by atoms with E-state index in [4.69, 9.17) is 9.84 Å². The van der Waals surface area contributed by atoms with E-state index in [2.05, 4.69) is 9.71 Å². The lowest BCUT2D eigenvalue weighted by molar-refractivity contribution is -0.135. The molecule has 0 amide bonds. The van der Waals surface area contributed by atoms with Crippen LogP contribution in [0.2, 0.25) is 0 Å². The van der Waals surface area contributed by atoms with Crippen molar-refractivity contribution in [2.24, 2.45) is 0 Å². The van der Waals surface area contributed by atoms with E-state index in [1.54, 1.807) is 13.0 Å². The number of phenols is 1. The lowest BCUT2D eigenvalue weighted by atomic mass is 10.3. The zero-order valence-electron chi connectivity index (χ0n) is 12.6. The summed E-state index contributed by atoms with van der Waals surface area (Å²) >= 11 is 0. The summed E-state index contributed by atoms with van der Waals surface area (Å²) in [7, 11) is -3.87. The van der Waals surface area contributed by atoms with Crippen LogP contribution >= 0.6 is 0 Å². The third kappa shape index (κ3) is 4.51. The minimum atomic E-state index is -3.87. The number of carbonyl (C=O) groups excluding carboxylic acids is 1. The zero-order valence-corrected chi connectivity index (χ0v) is 13.4. The van der Waals surface area contributed by atoms with E-state index in [0.717, 1.165) is 0 Å². The highest BCUT2D eigenvalue weighted by Crippen LogP contribution is 2.16. The number of rotatable bonds is 5. The molecule has 0 spiro atoms. The third-order valence-corrected chi connectivity index (χ3v) is 4.46. The van der Waals surface area contributed by atoms with E-state index < -0.39 is 22.0 Å². The Hall–Kier alpha value is -2.45. The Kier molecular flexibility index (Phi) is 4.97. The fourth-order valence-corrected chi connectivity index (χ4v) is 2.82. The number of ether oxygens (including phenoxy) is 1. The van der Waals surface area contributed by atoms with Crippen LogP contribution in [0.25, 0.3) is 0 Å². The average molecular weight is 336 g/mol. The number of hydrogen-bond acceptors (Lipinski definition) is 6. The first-order valence-corrected chi connectivity index (χ1v) is 8.22. The second-order valence-electron chi connectivity index (χ2n) is 4.89. The first-order valence-electron chi connectivity index (χ1n) is 6.73. The van der Waals surface area contributed by atoms with E-state index in [1.807, 2.05) is 0 Å². The minimum Gasteiger partial charge on any atom is -0.508 e. The Morgan fingerprint density at radius 3 is 2.43 bits per heavy atom. The van der Waals surface area contributed by atoms with Gasteiger partial charge in [0.25, 0.3) is 0 Å². The fraction of sp³-hybridized carbons (Fsp3) is 0.200.